The predicted octanol–water partition coefficient (Wildman–Crippen LogP) is 1.73. The molecule has 0 radical (unpaired) electrons. The van der Waals surface area contributed by atoms with E-state index in [2.05, 4.69) is 5.32 Å². The highest BCUT2D eigenvalue weighted by Gasteiger charge is 2.23. The molecule has 0 saturated carbocycles. The number of anilines is 1. The summed E-state index contributed by atoms with van der Waals surface area (Å²) in [5, 5.41) is 3.20. The second-order valence-corrected chi connectivity index (χ2v) is 4.03. The molecule has 5 nitrogen and oxygen atoms in total. The van der Waals surface area contributed by atoms with Crippen LogP contribution in [0, 0.1) is 0 Å². The number of hydrogen-bond donors (Lipinski definition) is 1. The fourth-order valence-electron chi connectivity index (χ4n) is 1.51. The number of nitrogens with one attached hydrogen (secondary N) is 1. The summed E-state index contributed by atoms with van der Waals surface area (Å²) in [5.41, 5.74) is 0.607. The minimum absolute atomic E-state index is 0.00858. The van der Waals surface area contributed by atoms with Crippen LogP contribution in [0.1, 0.15) is 0 Å². The maximum Gasteiger partial charge on any atom is 0.410 e. The molecule has 0 spiro atoms. The van der Waals surface area contributed by atoms with E-state index in [1.54, 1.807) is 24.3 Å². The Kier molecular flexibility index (Phi) is 3.49. The van der Waals surface area contributed by atoms with Gasteiger partial charge in [-0.3, -0.25) is 9.69 Å². The normalized spacial score (nSPS) is 14.6. The smallest absolute Gasteiger partial charge is 0.410 e. The molecule has 2 amide bonds. The van der Waals surface area contributed by atoms with Crippen LogP contribution in [0.4, 0.5) is 10.5 Å². The van der Waals surface area contributed by atoms with Crippen molar-refractivity contribution in [2.75, 3.05) is 25.0 Å². The Labute approximate surface area is 103 Å². The van der Waals surface area contributed by atoms with Crippen LogP contribution < -0.4 is 5.32 Å². The second-order valence-electron chi connectivity index (χ2n) is 3.59. The molecule has 1 aromatic carbocycles. The largest absolute Gasteiger partial charge is 0.448 e. The van der Waals surface area contributed by atoms with Crippen LogP contribution in [0.5, 0.6) is 0 Å². The maximum atomic E-state index is 11.6. The Bertz CT molecular complexity index is 450. The molecule has 0 aliphatic carbocycles. The summed E-state index contributed by atoms with van der Waals surface area (Å²) in [6, 6.07) is 6.82. The highest BCUT2D eigenvalue weighted by molar-refractivity contribution is 6.30. The van der Waals surface area contributed by atoms with E-state index < -0.39 is 6.09 Å². The number of hydrogen-bond acceptors (Lipinski definition) is 3. The number of amides is 2. The van der Waals surface area contributed by atoms with Crippen molar-refractivity contribution in [3.8, 4) is 0 Å². The fourth-order valence-corrected chi connectivity index (χ4v) is 1.70. The number of cyclic esters (lactones) is 1. The Morgan fingerprint density at radius 2 is 2.35 bits per heavy atom. The monoisotopic (exact) mass is 254 g/mol. The van der Waals surface area contributed by atoms with Gasteiger partial charge >= 0.3 is 6.09 Å². The van der Waals surface area contributed by atoms with Gasteiger partial charge in [-0.25, -0.2) is 4.79 Å². The van der Waals surface area contributed by atoms with E-state index in [-0.39, 0.29) is 12.5 Å². The number of halogens is 1. The van der Waals surface area contributed by atoms with Gasteiger partial charge in [0, 0.05) is 10.7 Å². The first-order valence-corrected chi connectivity index (χ1v) is 5.50. The summed E-state index contributed by atoms with van der Waals surface area (Å²) in [7, 11) is 0. The molecule has 1 saturated heterocycles. The molecule has 1 heterocycles. The summed E-state index contributed by atoms with van der Waals surface area (Å²) < 4.78 is 4.72. The van der Waals surface area contributed by atoms with E-state index in [1.165, 1.54) is 4.90 Å². The third kappa shape index (κ3) is 3.10. The van der Waals surface area contributed by atoms with Crippen LogP contribution >= 0.6 is 11.6 Å². The van der Waals surface area contributed by atoms with Gasteiger partial charge in [-0.1, -0.05) is 17.7 Å². The van der Waals surface area contributed by atoms with Crippen molar-refractivity contribution < 1.29 is 14.3 Å². The number of benzene rings is 1. The van der Waals surface area contributed by atoms with Gasteiger partial charge < -0.3 is 10.1 Å². The summed E-state index contributed by atoms with van der Waals surface area (Å²) in [6.07, 6.45) is -0.453. The van der Waals surface area contributed by atoms with Gasteiger partial charge in [0.05, 0.1) is 6.54 Å². The second kappa shape index (κ2) is 5.05. The van der Waals surface area contributed by atoms with Crippen molar-refractivity contribution in [1.29, 1.82) is 0 Å². The number of rotatable bonds is 3. The van der Waals surface area contributed by atoms with Crippen molar-refractivity contribution in [2.24, 2.45) is 0 Å². The first kappa shape index (κ1) is 11.7. The molecular formula is C11H11ClN2O3. The van der Waals surface area contributed by atoms with Crippen LogP contribution in [0.2, 0.25) is 5.02 Å². The average Bonchev–Trinajstić information content (AvgIpc) is 2.64. The van der Waals surface area contributed by atoms with Gasteiger partial charge in [0.15, 0.2) is 0 Å². The van der Waals surface area contributed by atoms with E-state index in [0.717, 1.165) is 0 Å². The van der Waals surface area contributed by atoms with E-state index in [4.69, 9.17) is 16.3 Å². The molecule has 1 aromatic rings. The number of carbonyl (C=O) groups is 2. The zero-order chi connectivity index (χ0) is 12.3. The topological polar surface area (TPSA) is 58.6 Å². The number of nitrogens with zero attached hydrogens (tertiary/aromatic N) is 1. The molecule has 1 aliphatic heterocycles. The van der Waals surface area contributed by atoms with Crippen molar-refractivity contribution in [3.63, 3.8) is 0 Å². The zero-order valence-electron chi connectivity index (χ0n) is 8.98. The van der Waals surface area contributed by atoms with Gasteiger partial charge in [0.1, 0.15) is 13.2 Å². The van der Waals surface area contributed by atoms with Crippen LogP contribution in [0.3, 0.4) is 0 Å². The quantitative estimate of drug-likeness (QED) is 0.894. The Morgan fingerprint density at radius 1 is 1.53 bits per heavy atom. The van der Waals surface area contributed by atoms with Gasteiger partial charge in [-0.15, -0.1) is 0 Å². The molecule has 1 fully saturated rings. The standard InChI is InChI=1S/C11H11ClN2O3/c12-8-2-1-3-9(6-8)13-10(15)7-14-4-5-17-11(14)16/h1-3,6H,4-5,7H2,(H,13,15). The lowest BCUT2D eigenvalue weighted by atomic mass is 10.3. The number of ether oxygens (including phenoxy) is 1. The Hall–Kier alpha value is -1.75. The molecule has 0 atom stereocenters. The van der Waals surface area contributed by atoms with E-state index in [1.807, 2.05) is 0 Å². The highest BCUT2D eigenvalue weighted by atomic mass is 35.5. The third-order valence-corrected chi connectivity index (χ3v) is 2.52. The number of carbonyl (C=O) groups excluding carboxylic acids is 2. The molecule has 0 unspecified atom stereocenters. The lowest BCUT2D eigenvalue weighted by Crippen LogP contribution is -2.33. The van der Waals surface area contributed by atoms with Gasteiger partial charge in [0.2, 0.25) is 5.91 Å². The SMILES string of the molecule is O=C(CN1CCOC1=O)Nc1cccc(Cl)c1. The molecule has 1 aliphatic rings. The van der Waals surface area contributed by atoms with E-state index in [0.29, 0.717) is 23.9 Å². The van der Waals surface area contributed by atoms with Crippen LogP contribution in [0.15, 0.2) is 24.3 Å². The summed E-state index contributed by atoms with van der Waals surface area (Å²) >= 11 is 5.79. The van der Waals surface area contributed by atoms with E-state index in [9.17, 15) is 9.59 Å². The molecule has 0 bridgehead atoms. The van der Waals surface area contributed by atoms with Crippen molar-refractivity contribution in [1.82, 2.24) is 4.90 Å². The van der Waals surface area contributed by atoms with Crippen molar-refractivity contribution in [3.05, 3.63) is 29.3 Å². The first-order chi connectivity index (χ1) is 8.15. The summed E-state index contributed by atoms with van der Waals surface area (Å²) in [6.45, 7) is 0.774. The van der Waals surface area contributed by atoms with Gasteiger partial charge in [-0.05, 0) is 18.2 Å². The predicted molar refractivity (Wildman–Crippen MR) is 63.0 cm³/mol. The highest BCUT2D eigenvalue weighted by Crippen LogP contribution is 2.15. The molecule has 17 heavy (non-hydrogen) atoms. The molecule has 90 valence electrons. The lowest BCUT2D eigenvalue weighted by Gasteiger charge is -2.12. The van der Waals surface area contributed by atoms with Crippen LogP contribution in [-0.4, -0.2) is 36.6 Å². The average molecular weight is 255 g/mol. The first-order valence-electron chi connectivity index (χ1n) is 5.12. The van der Waals surface area contributed by atoms with Gasteiger partial charge in [-0.2, -0.15) is 0 Å². The van der Waals surface area contributed by atoms with Crippen molar-refractivity contribution in [2.45, 2.75) is 0 Å². The van der Waals surface area contributed by atoms with Crippen LogP contribution in [-0.2, 0) is 9.53 Å². The van der Waals surface area contributed by atoms with Crippen molar-refractivity contribution >= 4 is 29.3 Å². The fraction of sp³-hybridized carbons (Fsp3) is 0.273. The third-order valence-electron chi connectivity index (χ3n) is 2.29. The minimum atomic E-state index is -0.453. The molecule has 0 aromatic heterocycles. The lowest BCUT2D eigenvalue weighted by molar-refractivity contribution is -0.116. The van der Waals surface area contributed by atoms with Gasteiger partial charge in [0.25, 0.3) is 0 Å². The molecule has 1 N–H and O–H groups in total. The minimum Gasteiger partial charge on any atom is -0.448 e. The molecule has 2 rings (SSSR count). The zero-order valence-corrected chi connectivity index (χ0v) is 9.74. The van der Waals surface area contributed by atoms with E-state index >= 15 is 0 Å². The maximum absolute atomic E-state index is 11.6. The summed E-state index contributed by atoms with van der Waals surface area (Å²) in [5.74, 6) is -0.272. The Balaban J connectivity index is 1.91. The summed E-state index contributed by atoms with van der Waals surface area (Å²) in [4.78, 5) is 24.1. The Morgan fingerprint density at radius 3 is 3.00 bits per heavy atom. The van der Waals surface area contributed by atoms with Crippen LogP contribution in [0.25, 0.3) is 0 Å². The molecule has 6 heteroatoms. The molecular weight excluding hydrogens is 244 g/mol.